The highest BCUT2D eigenvalue weighted by atomic mass is 16.5. The molecule has 3 heterocycles. The van der Waals surface area contributed by atoms with Crippen LogP contribution in [-0.4, -0.2) is 62.2 Å². The maximum absolute atomic E-state index is 12.4. The van der Waals surface area contributed by atoms with Crippen molar-refractivity contribution >= 4 is 5.91 Å². The van der Waals surface area contributed by atoms with Gasteiger partial charge in [-0.3, -0.25) is 24.7 Å². The zero-order valence-corrected chi connectivity index (χ0v) is 14.8. The van der Waals surface area contributed by atoms with E-state index in [2.05, 4.69) is 25.2 Å². The Hall–Kier alpha value is -2.42. The van der Waals surface area contributed by atoms with Gasteiger partial charge in [0.15, 0.2) is 5.82 Å². The highest BCUT2D eigenvalue weighted by Crippen LogP contribution is 2.20. The molecular formula is C16H24N6O3. The average Bonchev–Trinajstić information content (AvgIpc) is 3.12. The van der Waals surface area contributed by atoms with Crippen LogP contribution >= 0.6 is 0 Å². The molecule has 9 nitrogen and oxygen atoms in total. The minimum Gasteiger partial charge on any atom is -0.339 e. The molecular weight excluding hydrogens is 324 g/mol. The van der Waals surface area contributed by atoms with E-state index < -0.39 is 0 Å². The average molecular weight is 348 g/mol. The summed E-state index contributed by atoms with van der Waals surface area (Å²) in [5.41, 5.74) is -0.168. The summed E-state index contributed by atoms with van der Waals surface area (Å²) in [6.07, 6.45) is 0.852. The van der Waals surface area contributed by atoms with Gasteiger partial charge < -0.3 is 9.42 Å². The quantitative estimate of drug-likeness (QED) is 0.846. The molecule has 2 aromatic rings. The molecule has 1 saturated heterocycles. The molecule has 0 radical (unpaired) electrons. The second kappa shape index (κ2) is 6.83. The van der Waals surface area contributed by atoms with Gasteiger partial charge in [-0.05, 0) is 6.42 Å². The molecule has 0 aliphatic carbocycles. The topological polar surface area (TPSA) is 111 Å². The van der Waals surface area contributed by atoms with Crippen LogP contribution in [0.5, 0.6) is 0 Å². The van der Waals surface area contributed by atoms with Crippen molar-refractivity contribution in [3.8, 4) is 0 Å². The monoisotopic (exact) mass is 348 g/mol. The third-order valence-electron chi connectivity index (χ3n) is 4.18. The highest BCUT2D eigenvalue weighted by Gasteiger charge is 2.24. The Balaban J connectivity index is 1.59. The van der Waals surface area contributed by atoms with Crippen LogP contribution in [0.1, 0.15) is 49.4 Å². The lowest BCUT2D eigenvalue weighted by atomic mass is 9.97. The summed E-state index contributed by atoms with van der Waals surface area (Å²) in [5.74, 6) is 1.14. The minimum atomic E-state index is -0.299. The second-order valence-corrected chi connectivity index (χ2v) is 7.36. The number of nitrogens with zero attached hydrogens (tertiary/aromatic N) is 4. The lowest BCUT2D eigenvalue weighted by molar-refractivity contribution is 0.0755. The molecule has 3 rings (SSSR count). The molecule has 0 unspecified atom stereocenters. The van der Waals surface area contributed by atoms with Gasteiger partial charge in [-0.2, -0.15) is 4.98 Å². The summed E-state index contributed by atoms with van der Waals surface area (Å²) in [6.45, 7) is 9.52. The fourth-order valence-electron chi connectivity index (χ4n) is 2.77. The van der Waals surface area contributed by atoms with Crippen molar-refractivity contribution in [3.63, 3.8) is 0 Å². The summed E-state index contributed by atoms with van der Waals surface area (Å²) in [6, 6.07) is 1.29. The first-order chi connectivity index (χ1) is 11.8. The van der Waals surface area contributed by atoms with Gasteiger partial charge in [-0.1, -0.05) is 25.9 Å². The lowest BCUT2D eigenvalue weighted by Gasteiger charge is -2.20. The molecule has 1 aliphatic rings. The molecule has 0 spiro atoms. The standard InChI is InChI=1S/C16H24N6O3/c1-16(2,3)15-17-12(20-25-15)10-21-5-4-6-22(8-7-21)14(24)11-9-13(23)19-18-11/h9H,4-8,10H2,1-3H3,(H2,18,19,23). The number of hydrogen-bond donors (Lipinski definition) is 2. The first kappa shape index (κ1) is 17.4. The Kier molecular flexibility index (Phi) is 4.76. The van der Waals surface area contributed by atoms with Crippen LogP contribution in [0, 0.1) is 0 Å². The molecule has 1 fully saturated rings. The summed E-state index contributed by atoms with van der Waals surface area (Å²) in [5, 5.41) is 9.07. The Morgan fingerprint density at radius 2 is 2.04 bits per heavy atom. The van der Waals surface area contributed by atoms with Crippen LogP contribution in [0.2, 0.25) is 0 Å². The number of H-pyrrole nitrogens is 2. The Morgan fingerprint density at radius 1 is 1.24 bits per heavy atom. The van der Waals surface area contributed by atoms with E-state index in [-0.39, 0.29) is 16.9 Å². The van der Waals surface area contributed by atoms with Crippen LogP contribution in [0.3, 0.4) is 0 Å². The molecule has 25 heavy (non-hydrogen) atoms. The van der Waals surface area contributed by atoms with Crippen molar-refractivity contribution in [3.05, 3.63) is 33.8 Å². The van der Waals surface area contributed by atoms with Gasteiger partial charge in [0.05, 0.1) is 6.54 Å². The molecule has 2 aromatic heterocycles. The number of carbonyl (C=O) groups is 1. The van der Waals surface area contributed by atoms with Crippen LogP contribution in [0.25, 0.3) is 0 Å². The lowest BCUT2D eigenvalue weighted by Crippen LogP contribution is -2.35. The molecule has 136 valence electrons. The number of nitrogens with one attached hydrogen (secondary N) is 2. The van der Waals surface area contributed by atoms with Crippen LogP contribution < -0.4 is 5.56 Å². The molecule has 1 aliphatic heterocycles. The van der Waals surface area contributed by atoms with E-state index in [1.54, 1.807) is 4.90 Å². The normalized spacial score (nSPS) is 16.8. The third kappa shape index (κ3) is 4.16. The number of hydrogen-bond acceptors (Lipinski definition) is 6. The second-order valence-electron chi connectivity index (χ2n) is 7.36. The maximum Gasteiger partial charge on any atom is 0.271 e. The van der Waals surface area contributed by atoms with Crippen molar-refractivity contribution < 1.29 is 9.32 Å². The van der Waals surface area contributed by atoms with E-state index in [0.29, 0.717) is 37.0 Å². The summed E-state index contributed by atoms with van der Waals surface area (Å²) >= 11 is 0. The molecule has 0 atom stereocenters. The van der Waals surface area contributed by atoms with Crippen molar-refractivity contribution in [2.24, 2.45) is 0 Å². The third-order valence-corrected chi connectivity index (χ3v) is 4.18. The number of rotatable bonds is 3. The minimum absolute atomic E-state index is 0.158. The summed E-state index contributed by atoms with van der Waals surface area (Å²) in [4.78, 5) is 32.0. The van der Waals surface area contributed by atoms with Crippen molar-refractivity contribution in [2.45, 2.75) is 39.2 Å². The Bertz CT molecular complexity index is 784. The first-order valence-corrected chi connectivity index (χ1v) is 8.45. The fraction of sp³-hybridized carbons (Fsp3) is 0.625. The zero-order valence-electron chi connectivity index (χ0n) is 14.8. The van der Waals surface area contributed by atoms with E-state index >= 15 is 0 Å². The van der Waals surface area contributed by atoms with Crippen LogP contribution in [0.15, 0.2) is 15.4 Å². The van der Waals surface area contributed by atoms with Crippen molar-refractivity contribution in [2.75, 3.05) is 26.2 Å². The van der Waals surface area contributed by atoms with E-state index in [9.17, 15) is 9.59 Å². The SMILES string of the molecule is CC(C)(C)c1nc(CN2CCCN(C(=O)c3cc(=O)[nH][nH]3)CC2)no1. The Morgan fingerprint density at radius 3 is 2.68 bits per heavy atom. The molecule has 0 saturated carbocycles. The van der Waals surface area contributed by atoms with Crippen LogP contribution in [0.4, 0.5) is 0 Å². The van der Waals surface area contributed by atoms with Gasteiger partial charge in [0.1, 0.15) is 5.69 Å². The molecule has 9 heteroatoms. The Labute approximate surface area is 145 Å². The number of carbonyl (C=O) groups excluding carboxylic acids is 1. The fourth-order valence-corrected chi connectivity index (χ4v) is 2.77. The smallest absolute Gasteiger partial charge is 0.271 e. The number of aromatic amines is 2. The molecule has 2 N–H and O–H groups in total. The van der Waals surface area contributed by atoms with Gasteiger partial charge in [0, 0.05) is 37.7 Å². The van der Waals surface area contributed by atoms with Gasteiger partial charge >= 0.3 is 0 Å². The van der Waals surface area contributed by atoms with Gasteiger partial charge in [-0.25, -0.2) is 0 Å². The predicted octanol–water partition coefficient (Wildman–Crippen LogP) is 0.732. The largest absolute Gasteiger partial charge is 0.339 e. The van der Waals surface area contributed by atoms with E-state index in [1.165, 1.54) is 6.07 Å². The number of amides is 1. The van der Waals surface area contributed by atoms with Gasteiger partial charge in [0.25, 0.3) is 11.5 Å². The number of aromatic nitrogens is 4. The highest BCUT2D eigenvalue weighted by molar-refractivity contribution is 5.92. The zero-order chi connectivity index (χ0) is 18.0. The maximum atomic E-state index is 12.4. The molecule has 0 aromatic carbocycles. The van der Waals surface area contributed by atoms with Crippen molar-refractivity contribution in [1.82, 2.24) is 30.1 Å². The van der Waals surface area contributed by atoms with E-state index in [1.807, 2.05) is 20.8 Å². The van der Waals surface area contributed by atoms with Gasteiger partial charge in [-0.15, -0.1) is 0 Å². The van der Waals surface area contributed by atoms with Crippen LogP contribution in [-0.2, 0) is 12.0 Å². The van der Waals surface area contributed by atoms with E-state index in [0.717, 1.165) is 19.5 Å². The molecule has 1 amide bonds. The summed E-state index contributed by atoms with van der Waals surface area (Å²) < 4.78 is 5.33. The first-order valence-electron chi connectivity index (χ1n) is 8.45. The van der Waals surface area contributed by atoms with Gasteiger partial charge in [0.2, 0.25) is 5.89 Å². The van der Waals surface area contributed by atoms with Crippen molar-refractivity contribution in [1.29, 1.82) is 0 Å². The van der Waals surface area contributed by atoms with E-state index in [4.69, 9.17) is 4.52 Å². The predicted molar refractivity (Wildman–Crippen MR) is 90.2 cm³/mol. The molecule has 0 bridgehead atoms. The summed E-state index contributed by atoms with van der Waals surface area (Å²) in [7, 11) is 0.